The largest absolute Gasteiger partial charge is 0.337 e. The zero-order valence-electron chi connectivity index (χ0n) is 13.7. The van der Waals surface area contributed by atoms with Crippen molar-refractivity contribution in [3.05, 3.63) is 70.3 Å². The van der Waals surface area contributed by atoms with Gasteiger partial charge in [-0.1, -0.05) is 21.1 Å². The second kappa shape index (κ2) is 6.99. The highest BCUT2D eigenvalue weighted by molar-refractivity contribution is 9.10. The van der Waals surface area contributed by atoms with Gasteiger partial charge in [-0.05, 0) is 61.4 Å². The minimum absolute atomic E-state index is 0.157. The Morgan fingerprint density at radius 1 is 1.15 bits per heavy atom. The highest BCUT2D eigenvalue weighted by atomic mass is 79.9. The number of carbonyl (C=O) groups excluding carboxylic acids is 1. The molecule has 7 heteroatoms. The van der Waals surface area contributed by atoms with Gasteiger partial charge in [-0.2, -0.15) is 4.98 Å². The first-order chi connectivity index (χ1) is 12.6. The first kappa shape index (κ1) is 16.9. The van der Waals surface area contributed by atoms with Crippen molar-refractivity contribution in [1.29, 1.82) is 0 Å². The zero-order chi connectivity index (χ0) is 18.1. The highest BCUT2D eigenvalue weighted by Gasteiger charge is 2.34. The minimum Gasteiger partial charge on any atom is -0.337 e. The van der Waals surface area contributed by atoms with Gasteiger partial charge in [-0.25, -0.2) is 4.39 Å². The summed E-state index contributed by atoms with van der Waals surface area (Å²) in [6, 6.07) is 12.9. The molecule has 3 aromatic rings. The Morgan fingerprint density at radius 2 is 1.88 bits per heavy atom. The number of nitrogens with zero attached hydrogens (tertiary/aromatic N) is 3. The van der Waals surface area contributed by atoms with Crippen LogP contribution in [0.1, 0.15) is 35.1 Å². The molecule has 1 aliphatic heterocycles. The van der Waals surface area contributed by atoms with E-state index in [0.717, 1.165) is 22.9 Å². The molecule has 1 atom stereocenters. The van der Waals surface area contributed by atoms with Crippen molar-refractivity contribution in [2.45, 2.75) is 18.9 Å². The van der Waals surface area contributed by atoms with Gasteiger partial charge in [-0.15, -0.1) is 0 Å². The summed E-state index contributed by atoms with van der Waals surface area (Å²) in [5.41, 5.74) is 1.29. The number of halogens is 2. The topological polar surface area (TPSA) is 59.2 Å². The summed E-state index contributed by atoms with van der Waals surface area (Å²) in [4.78, 5) is 19.0. The fraction of sp³-hybridized carbons (Fsp3) is 0.211. The van der Waals surface area contributed by atoms with E-state index in [-0.39, 0.29) is 17.8 Å². The summed E-state index contributed by atoms with van der Waals surface area (Å²) in [5.74, 6) is 0.399. The number of benzene rings is 2. The van der Waals surface area contributed by atoms with E-state index >= 15 is 0 Å². The first-order valence-corrected chi connectivity index (χ1v) is 9.07. The molecule has 0 bridgehead atoms. The molecule has 132 valence electrons. The summed E-state index contributed by atoms with van der Waals surface area (Å²) in [6.07, 6.45) is 1.61. The monoisotopic (exact) mass is 415 g/mol. The SMILES string of the molecule is O=C(c1ccc(F)cc1)N1CCCC1c1nc(-c2ccc(Br)cc2)no1. The van der Waals surface area contributed by atoms with Gasteiger partial charge in [0.2, 0.25) is 11.7 Å². The second-order valence-corrected chi connectivity index (χ2v) is 7.04. The standard InChI is InChI=1S/C19H15BrFN3O2/c20-14-7-3-12(4-8-14)17-22-18(26-23-17)16-2-1-11-24(16)19(25)13-5-9-15(21)10-6-13/h3-10,16H,1-2,11H2. The molecule has 4 rings (SSSR count). The van der Waals surface area contributed by atoms with E-state index in [0.29, 0.717) is 23.8 Å². The van der Waals surface area contributed by atoms with Crippen molar-refractivity contribution in [3.8, 4) is 11.4 Å². The molecule has 0 N–H and O–H groups in total. The molecule has 26 heavy (non-hydrogen) atoms. The second-order valence-electron chi connectivity index (χ2n) is 6.13. The van der Waals surface area contributed by atoms with Gasteiger partial charge in [-0.3, -0.25) is 4.79 Å². The molecular formula is C19H15BrFN3O2. The van der Waals surface area contributed by atoms with Gasteiger partial charge in [0, 0.05) is 22.1 Å². The molecule has 1 unspecified atom stereocenters. The van der Waals surface area contributed by atoms with Crippen molar-refractivity contribution >= 4 is 21.8 Å². The van der Waals surface area contributed by atoms with Gasteiger partial charge >= 0.3 is 0 Å². The first-order valence-electron chi connectivity index (χ1n) is 8.28. The van der Waals surface area contributed by atoms with Crippen LogP contribution in [0.4, 0.5) is 4.39 Å². The van der Waals surface area contributed by atoms with Crippen LogP contribution in [0, 0.1) is 5.82 Å². The van der Waals surface area contributed by atoms with Crippen molar-refractivity contribution in [3.63, 3.8) is 0 Å². The third-order valence-electron chi connectivity index (χ3n) is 4.43. The molecule has 1 saturated heterocycles. The molecule has 1 aliphatic rings. The quantitative estimate of drug-likeness (QED) is 0.626. The third kappa shape index (κ3) is 3.26. The van der Waals surface area contributed by atoms with Crippen molar-refractivity contribution in [2.75, 3.05) is 6.54 Å². The number of amides is 1. The Balaban J connectivity index is 1.58. The Kier molecular flexibility index (Phi) is 4.55. The Bertz CT molecular complexity index is 925. The Morgan fingerprint density at radius 3 is 2.62 bits per heavy atom. The van der Waals surface area contributed by atoms with E-state index < -0.39 is 0 Å². The average molecular weight is 416 g/mol. The van der Waals surface area contributed by atoms with Crippen molar-refractivity contribution in [2.24, 2.45) is 0 Å². The predicted molar refractivity (Wildman–Crippen MR) is 96.8 cm³/mol. The van der Waals surface area contributed by atoms with Crippen LogP contribution in [-0.4, -0.2) is 27.5 Å². The van der Waals surface area contributed by atoms with Crippen molar-refractivity contribution < 1.29 is 13.7 Å². The highest BCUT2D eigenvalue weighted by Crippen LogP contribution is 2.33. The number of hydrogen-bond donors (Lipinski definition) is 0. The Hall–Kier alpha value is -2.54. The van der Waals surface area contributed by atoms with E-state index in [9.17, 15) is 9.18 Å². The molecule has 1 aromatic heterocycles. The van der Waals surface area contributed by atoms with E-state index in [2.05, 4.69) is 26.1 Å². The Labute approximate surface area is 158 Å². The predicted octanol–water partition coefficient (Wildman–Crippen LogP) is 4.62. The fourth-order valence-corrected chi connectivity index (χ4v) is 3.38. The lowest BCUT2D eigenvalue weighted by atomic mass is 10.1. The molecule has 0 radical (unpaired) electrons. The summed E-state index contributed by atoms with van der Waals surface area (Å²) >= 11 is 3.40. The van der Waals surface area contributed by atoms with Gasteiger partial charge < -0.3 is 9.42 Å². The summed E-state index contributed by atoms with van der Waals surface area (Å²) < 4.78 is 19.5. The van der Waals surface area contributed by atoms with Crippen molar-refractivity contribution in [1.82, 2.24) is 15.0 Å². The van der Waals surface area contributed by atoms with Crippen LogP contribution in [-0.2, 0) is 0 Å². The normalized spacial score (nSPS) is 16.8. The average Bonchev–Trinajstić information content (AvgIpc) is 3.31. The maximum Gasteiger partial charge on any atom is 0.254 e. The van der Waals surface area contributed by atoms with E-state index in [1.165, 1.54) is 24.3 Å². The van der Waals surface area contributed by atoms with Gasteiger partial charge in [0.05, 0.1) is 0 Å². The summed E-state index contributed by atoms with van der Waals surface area (Å²) in [7, 11) is 0. The van der Waals surface area contributed by atoms with E-state index in [1.54, 1.807) is 4.90 Å². The van der Waals surface area contributed by atoms with Crippen LogP contribution in [0.15, 0.2) is 57.5 Å². The minimum atomic E-state index is -0.365. The van der Waals surface area contributed by atoms with E-state index in [1.807, 2.05) is 24.3 Å². The molecule has 1 fully saturated rings. The zero-order valence-corrected chi connectivity index (χ0v) is 15.3. The van der Waals surface area contributed by atoms with Crippen LogP contribution in [0.2, 0.25) is 0 Å². The maximum absolute atomic E-state index is 13.1. The van der Waals surface area contributed by atoms with Crippen LogP contribution >= 0.6 is 15.9 Å². The lowest BCUT2D eigenvalue weighted by molar-refractivity contribution is 0.0710. The van der Waals surface area contributed by atoms with Crippen LogP contribution < -0.4 is 0 Å². The van der Waals surface area contributed by atoms with Crippen LogP contribution in [0.3, 0.4) is 0 Å². The summed E-state index contributed by atoms with van der Waals surface area (Å²) in [6.45, 7) is 0.608. The number of rotatable bonds is 3. The molecule has 2 aromatic carbocycles. The lowest BCUT2D eigenvalue weighted by Gasteiger charge is -2.21. The molecule has 0 spiro atoms. The summed E-state index contributed by atoms with van der Waals surface area (Å²) in [5, 5.41) is 4.05. The molecule has 0 saturated carbocycles. The van der Waals surface area contributed by atoms with Gasteiger partial charge in [0.1, 0.15) is 11.9 Å². The molecule has 0 aliphatic carbocycles. The molecular weight excluding hydrogens is 401 g/mol. The molecule has 2 heterocycles. The third-order valence-corrected chi connectivity index (χ3v) is 4.96. The lowest BCUT2D eigenvalue weighted by Crippen LogP contribution is -2.30. The van der Waals surface area contributed by atoms with Crippen LogP contribution in [0.5, 0.6) is 0 Å². The number of carbonyl (C=O) groups is 1. The molecule has 1 amide bonds. The number of aromatic nitrogens is 2. The van der Waals surface area contributed by atoms with Crippen LogP contribution in [0.25, 0.3) is 11.4 Å². The van der Waals surface area contributed by atoms with E-state index in [4.69, 9.17) is 4.52 Å². The smallest absolute Gasteiger partial charge is 0.254 e. The number of hydrogen-bond acceptors (Lipinski definition) is 4. The van der Waals surface area contributed by atoms with Gasteiger partial charge in [0.25, 0.3) is 5.91 Å². The maximum atomic E-state index is 13.1. The molecule has 5 nitrogen and oxygen atoms in total. The number of likely N-dealkylation sites (tertiary alicyclic amines) is 1. The van der Waals surface area contributed by atoms with Gasteiger partial charge in [0.15, 0.2) is 0 Å². The fourth-order valence-electron chi connectivity index (χ4n) is 3.11.